The fourth-order valence-corrected chi connectivity index (χ4v) is 2.08. The Balaban J connectivity index is 2.58. The Bertz CT molecular complexity index is 621. The predicted octanol–water partition coefficient (Wildman–Crippen LogP) is 4.38. The van der Waals surface area contributed by atoms with Crippen LogP contribution in [-0.2, 0) is 14.3 Å². The van der Waals surface area contributed by atoms with E-state index in [1.165, 1.54) is 0 Å². The molecule has 0 amide bonds. The molecular weight excluding hydrogens is 304 g/mol. The first-order chi connectivity index (χ1) is 10.9. The summed E-state index contributed by atoms with van der Waals surface area (Å²) in [5.41, 5.74) is 2.73. The highest BCUT2D eigenvalue weighted by Crippen LogP contribution is 2.38. The largest absolute Gasteiger partial charge is 0.462 e. The minimum atomic E-state index is -0.610. The van der Waals surface area contributed by atoms with Crippen molar-refractivity contribution in [3.8, 4) is 0 Å². The zero-order chi connectivity index (χ0) is 18.7. The van der Waals surface area contributed by atoms with E-state index >= 15 is 0 Å². The molecule has 0 aliphatic carbocycles. The Labute approximate surface area is 145 Å². The summed E-state index contributed by atoms with van der Waals surface area (Å²) in [6, 6.07) is 3.85. The van der Waals surface area contributed by atoms with Gasteiger partial charge in [-0.1, -0.05) is 26.8 Å². The van der Waals surface area contributed by atoms with Crippen LogP contribution >= 0.6 is 0 Å². The van der Waals surface area contributed by atoms with Crippen LogP contribution in [0, 0.1) is 31.6 Å². The number of rotatable bonds is 5. The zero-order valence-corrected chi connectivity index (χ0v) is 16.2. The molecule has 134 valence electrons. The lowest BCUT2D eigenvalue weighted by Gasteiger charge is -2.36. The van der Waals surface area contributed by atoms with E-state index in [-0.39, 0.29) is 30.6 Å². The lowest BCUT2D eigenvalue weighted by molar-refractivity contribution is -0.161. The van der Waals surface area contributed by atoms with Crippen LogP contribution in [0.15, 0.2) is 12.1 Å². The second-order valence-corrected chi connectivity index (χ2v) is 7.90. The molecule has 0 radical (unpaired) electrons. The van der Waals surface area contributed by atoms with Crippen molar-refractivity contribution >= 4 is 11.9 Å². The minimum absolute atomic E-state index is 0.0528. The molecule has 1 aromatic carbocycles. The number of ether oxygens (including phenoxy) is 2. The Morgan fingerprint density at radius 3 is 2.00 bits per heavy atom. The van der Waals surface area contributed by atoms with E-state index in [2.05, 4.69) is 0 Å². The Hall–Kier alpha value is -1.84. The number of carbonyl (C=O) groups excluding carboxylic acids is 2. The van der Waals surface area contributed by atoms with Gasteiger partial charge in [-0.25, -0.2) is 4.79 Å². The van der Waals surface area contributed by atoms with Gasteiger partial charge in [0.1, 0.15) is 13.2 Å². The van der Waals surface area contributed by atoms with Crippen LogP contribution in [0.5, 0.6) is 0 Å². The van der Waals surface area contributed by atoms with E-state index in [9.17, 15) is 9.59 Å². The van der Waals surface area contributed by atoms with E-state index in [0.29, 0.717) is 5.56 Å². The fraction of sp³-hybridized carbons (Fsp3) is 0.600. The number of aryl methyl sites for hydroxylation is 2. The summed E-state index contributed by atoms with van der Waals surface area (Å²) in [4.78, 5) is 24.4. The Morgan fingerprint density at radius 1 is 0.917 bits per heavy atom. The highest BCUT2D eigenvalue weighted by atomic mass is 16.6. The summed E-state index contributed by atoms with van der Waals surface area (Å²) in [6.07, 6.45) is 0. The molecule has 0 atom stereocenters. The van der Waals surface area contributed by atoms with E-state index in [0.717, 1.165) is 16.7 Å². The molecule has 0 heterocycles. The summed E-state index contributed by atoms with van der Waals surface area (Å²) < 4.78 is 10.5. The van der Waals surface area contributed by atoms with Crippen LogP contribution in [0.2, 0.25) is 0 Å². The molecule has 0 unspecified atom stereocenters. The van der Waals surface area contributed by atoms with Crippen LogP contribution < -0.4 is 0 Å². The van der Waals surface area contributed by atoms with E-state index < -0.39 is 5.41 Å². The highest BCUT2D eigenvalue weighted by Gasteiger charge is 2.41. The van der Waals surface area contributed by atoms with Crippen LogP contribution in [0.3, 0.4) is 0 Å². The zero-order valence-electron chi connectivity index (χ0n) is 16.2. The molecule has 0 saturated carbocycles. The minimum Gasteiger partial charge on any atom is -0.462 e. The summed E-state index contributed by atoms with van der Waals surface area (Å²) in [5, 5.41) is 0. The molecular formula is C20H30O4. The summed E-state index contributed by atoms with van der Waals surface area (Å²) >= 11 is 0. The monoisotopic (exact) mass is 334 g/mol. The van der Waals surface area contributed by atoms with Crippen LogP contribution in [0.1, 0.15) is 61.7 Å². The molecule has 1 aromatic rings. The van der Waals surface area contributed by atoms with Crippen molar-refractivity contribution in [3.63, 3.8) is 0 Å². The first kappa shape index (κ1) is 20.2. The molecule has 0 N–H and O–H groups in total. The average Bonchev–Trinajstić information content (AvgIpc) is 2.45. The molecule has 0 aromatic heterocycles. The van der Waals surface area contributed by atoms with Crippen molar-refractivity contribution in [1.82, 2.24) is 0 Å². The number of esters is 2. The fourth-order valence-electron chi connectivity index (χ4n) is 2.08. The third-order valence-electron chi connectivity index (χ3n) is 4.97. The van der Waals surface area contributed by atoms with Gasteiger partial charge in [-0.2, -0.15) is 0 Å². The lowest BCUT2D eigenvalue weighted by atomic mass is 9.69. The normalized spacial score (nSPS) is 12.0. The quantitative estimate of drug-likeness (QED) is 0.592. The van der Waals surface area contributed by atoms with Crippen molar-refractivity contribution in [3.05, 3.63) is 34.4 Å². The van der Waals surface area contributed by atoms with Gasteiger partial charge in [-0.05, 0) is 62.8 Å². The number of hydrogen-bond donors (Lipinski definition) is 0. The van der Waals surface area contributed by atoms with Crippen molar-refractivity contribution in [2.45, 2.75) is 55.4 Å². The van der Waals surface area contributed by atoms with Gasteiger partial charge in [-0.15, -0.1) is 0 Å². The molecule has 24 heavy (non-hydrogen) atoms. The van der Waals surface area contributed by atoms with Crippen molar-refractivity contribution in [2.24, 2.45) is 10.8 Å². The predicted molar refractivity (Wildman–Crippen MR) is 95.1 cm³/mol. The summed E-state index contributed by atoms with van der Waals surface area (Å²) in [6.45, 7) is 15.6. The molecule has 0 saturated heterocycles. The number of carbonyl (C=O) groups is 2. The Kier molecular flexibility index (Phi) is 6.20. The molecule has 1 rings (SSSR count). The van der Waals surface area contributed by atoms with Crippen LogP contribution in [0.4, 0.5) is 0 Å². The van der Waals surface area contributed by atoms with E-state index in [1.54, 1.807) is 0 Å². The van der Waals surface area contributed by atoms with Gasteiger partial charge in [0.25, 0.3) is 0 Å². The van der Waals surface area contributed by atoms with Crippen LogP contribution in [-0.4, -0.2) is 25.2 Å². The molecule has 4 heteroatoms. The van der Waals surface area contributed by atoms with Gasteiger partial charge in [0.2, 0.25) is 0 Å². The third-order valence-corrected chi connectivity index (χ3v) is 4.97. The highest BCUT2D eigenvalue weighted by molar-refractivity contribution is 5.91. The summed E-state index contributed by atoms with van der Waals surface area (Å²) in [7, 11) is 0. The van der Waals surface area contributed by atoms with Gasteiger partial charge < -0.3 is 9.47 Å². The maximum atomic E-state index is 12.2. The molecule has 0 aliphatic rings. The van der Waals surface area contributed by atoms with Gasteiger partial charge in [0.05, 0.1) is 11.0 Å². The van der Waals surface area contributed by atoms with Gasteiger partial charge in [0, 0.05) is 0 Å². The first-order valence-corrected chi connectivity index (χ1v) is 8.30. The summed E-state index contributed by atoms with van der Waals surface area (Å²) in [5.74, 6) is -0.668. The van der Waals surface area contributed by atoms with Crippen molar-refractivity contribution in [2.75, 3.05) is 13.2 Å². The SMILES string of the molecule is Cc1cc(C)c(C)c(C(=O)OCCOC(=O)C(C)(C)C(C)(C)C)c1. The van der Waals surface area contributed by atoms with Crippen molar-refractivity contribution < 1.29 is 19.1 Å². The molecule has 0 fully saturated rings. The number of benzene rings is 1. The van der Waals surface area contributed by atoms with Crippen LogP contribution in [0.25, 0.3) is 0 Å². The molecule has 4 nitrogen and oxygen atoms in total. The maximum Gasteiger partial charge on any atom is 0.338 e. The maximum absolute atomic E-state index is 12.2. The molecule has 0 spiro atoms. The number of hydrogen-bond acceptors (Lipinski definition) is 4. The topological polar surface area (TPSA) is 52.6 Å². The molecule has 0 aliphatic heterocycles. The second kappa shape index (κ2) is 7.37. The van der Waals surface area contributed by atoms with E-state index in [1.807, 2.05) is 67.5 Å². The van der Waals surface area contributed by atoms with Gasteiger partial charge in [0.15, 0.2) is 0 Å². The second-order valence-electron chi connectivity index (χ2n) is 7.90. The van der Waals surface area contributed by atoms with Crippen molar-refractivity contribution in [1.29, 1.82) is 0 Å². The van der Waals surface area contributed by atoms with Gasteiger partial charge in [-0.3, -0.25) is 4.79 Å². The third kappa shape index (κ3) is 4.59. The van der Waals surface area contributed by atoms with Gasteiger partial charge >= 0.3 is 11.9 Å². The Morgan fingerprint density at radius 2 is 1.46 bits per heavy atom. The smallest absolute Gasteiger partial charge is 0.338 e. The first-order valence-electron chi connectivity index (χ1n) is 8.30. The molecule has 0 bridgehead atoms. The van der Waals surface area contributed by atoms with E-state index in [4.69, 9.17) is 9.47 Å². The average molecular weight is 334 g/mol. The lowest BCUT2D eigenvalue weighted by Crippen LogP contribution is -2.39. The standard InChI is InChI=1S/C20H30O4/c1-13-11-14(2)15(3)16(12-13)17(21)23-9-10-24-18(22)20(7,8)19(4,5)6/h11-12H,9-10H2,1-8H3.